The number of fused-ring (bicyclic) bond motifs is 1. The van der Waals surface area contributed by atoms with E-state index in [4.69, 9.17) is 5.11 Å². The number of pyridine rings is 1. The maximum absolute atomic E-state index is 12.2. The van der Waals surface area contributed by atoms with E-state index in [0.29, 0.717) is 6.54 Å². The van der Waals surface area contributed by atoms with Gasteiger partial charge in [-0.3, -0.25) is 4.79 Å². The molecule has 0 atom stereocenters. The molecule has 0 radical (unpaired) electrons. The molecule has 1 aromatic heterocycles. The first-order chi connectivity index (χ1) is 11.5. The van der Waals surface area contributed by atoms with Gasteiger partial charge in [0.05, 0.1) is 5.52 Å². The highest BCUT2D eigenvalue weighted by Crippen LogP contribution is 2.18. The smallest absolute Gasteiger partial charge is 0.404 e. The molecule has 1 saturated heterocycles. The van der Waals surface area contributed by atoms with Gasteiger partial charge in [0.15, 0.2) is 0 Å². The zero-order valence-electron chi connectivity index (χ0n) is 13.2. The lowest BCUT2D eigenvalue weighted by molar-refractivity contribution is 0.166. The minimum Gasteiger partial charge on any atom is -0.465 e. The zero-order valence-corrected chi connectivity index (χ0v) is 14.8. The van der Waals surface area contributed by atoms with Crippen molar-refractivity contribution in [3.8, 4) is 0 Å². The summed E-state index contributed by atoms with van der Waals surface area (Å²) in [7, 11) is 0. The molecule has 0 aliphatic carbocycles. The van der Waals surface area contributed by atoms with Gasteiger partial charge in [-0.15, -0.1) is 0 Å². The fourth-order valence-electron chi connectivity index (χ4n) is 3.21. The van der Waals surface area contributed by atoms with Crippen LogP contribution in [0.2, 0.25) is 0 Å². The Kier molecular flexibility index (Phi) is 5.20. The highest BCUT2D eigenvalue weighted by Gasteiger charge is 2.20. The van der Waals surface area contributed by atoms with E-state index in [1.807, 2.05) is 28.8 Å². The normalized spacial score (nSPS) is 16.4. The van der Waals surface area contributed by atoms with Crippen molar-refractivity contribution >= 4 is 32.9 Å². The summed E-state index contributed by atoms with van der Waals surface area (Å²) in [5.74, 6) is 0. The second-order valence-electron chi connectivity index (χ2n) is 6.09. The Labute approximate surface area is 148 Å². The Hall–Kier alpha value is -1.86. The average molecular weight is 394 g/mol. The molecule has 0 saturated carbocycles. The molecule has 6 nitrogen and oxygen atoms in total. The molecule has 1 fully saturated rings. The number of carbonyl (C=O) groups is 1. The van der Waals surface area contributed by atoms with Crippen LogP contribution in [0.4, 0.5) is 4.79 Å². The van der Waals surface area contributed by atoms with Crippen LogP contribution >= 0.6 is 15.9 Å². The Morgan fingerprint density at radius 3 is 2.62 bits per heavy atom. The highest BCUT2D eigenvalue weighted by atomic mass is 79.9. The van der Waals surface area contributed by atoms with E-state index >= 15 is 0 Å². The van der Waals surface area contributed by atoms with E-state index in [0.717, 1.165) is 47.9 Å². The number of aromatic nitrogens is 1. The molecule has 24 heavy (non-hydrogen) atoms. The molecule has 128 valence electrons. The van der Waals surface area contributed by atoms with Crippen molar-refractivity contribution in [2.24, 2.45) is 0 Å². The van der Waals surface area contributed by atoms with Crippen molar-refractivity contribution < 1.29 is 9.90 Å². The zero-order chi connectivity index (χ0) is 17.1. The van der Waals surface area contributed by atoms with Crippen LogP contribution in [0.25, 0.3) is 10.9 Å². The third kappa shape index (κ3) is 3.96. The third-order valence-corrected chi connectivity index (χ3v) is 5.00. The second-order valence-corrected chi connectivity index (χ2v) is 7.01. The third-order valence-electron chi connectivity index (χ3n) is 4.51. The van der Waals surface area contributed by atoms with Gasteiger partial charge in [0.1, 0.15) is 0 Å². The molecular formula is C17H20BrN3O3. The predicted octanol–water partition coefficient (Wildman–Crippen LogP) is 2.50. The van der Waals surface area contributed by atoms with Crippen LogP contribution in [-0.4, -0.2) is 46.3 Å². The fourth-order valence-corrected chi connectivity index (χ4v) is 3.56. The van der Waals surface area contributed by atoms with Crippen LogP contribution < -0.4 is 10.9 Å². The summed E-state index contributed by atoms with van der Waals surface area (Å²) in [5, 5.41) is 12.4. The lowest BCUT2D eigenvalue weighted by Crippen LogP contribution is -2.45. The molecule has 0 unspecified atom stereocenters. The van der Waals surface area contributed by atoms with Crippen LogP contribution in [0.15, 0.2) is 39.6 Å². The molecule has 0 spiro atoms. The van der Waals surface area contributed by atoms with Gasteiger partial charge in [0.2, 0.25) is 0 Å². The second kappa shape index (κ2) is 7.36. The van der Waals surface area contributed by atoms with Gasteiger partial charge in [-0.1, -0.05) is 22.0 Å². The van der Waals surface area contributed by atoms with E-state index in [2.05, 4.69) is 26.1 Å². The van der Waals surface area contributed by atoms with Gasteiger partial charge in [-0.25, -0.2) is 4.79 Å². The molecule has 0 bridgehead atoms. The fraction of sp³-hybridized carbons (Fsp3) is 0.412. The number of amides is 1. The molecule has 1 aromatic carbocycles. The Bertz CT molecular complexity index is 797. The van der Waals surface area contributed by atoms with Crippen molar-refractivity contribution in [1.82, 2.24) is 14.8 Å². The summed E-state index contributed by atoms with van der Waals surface area (Å²) in [4.78, 5) is 25.2. The maximum Gasteiger partial charge on any atom is 0.404 e. The SMILES string of the molecule is O=C(O)NC1CCN(CCn2c(=O)ccc3ccc(Br)cc32)CC1. The van der Waals surface area contributed by atoms with Crippen molar-refractivity contribution in [3.05, 3.63) is 45.2 Å². The van der Waals surface area contributed by atoms with E-state index in [1.165, 1.54) is 0 Å². The molecule has 1 aliphatic rings. The van der Waals surface area contributed by atoms with Crippen LogP contribution in [0.5, 0.6) is 0 Å². The first-order valence-electron chi connectivity index (χ1n) is 8.04. The summed E-state index contributed by atoms with van der Waals surface area (Å²) >= 11 is 3.46. The van der Waals surface area contributed by atoms with Crippen molar-refractivity contribution in [1.29, 1.82) is 0 Å². The molecule has 7 heteroatoms. The average Bonchev–Trinajstić information content (AvgIpc) is 2.55. The van der Waals surface area contributed by atoms with E-state index in [1.54, 1.807) is 6.07 Å². The first kappa shape index (κ1) is 17.0. The van der Waals surface area contributed by atoms with Crippen LogP contribution in [0.1, 0.15) is 12.8 Å². The minimum absolute atomic E-state index is 0.00281. The quantitative estimate of drug-likeness (QED) is 0.836. The largest absolute Gasteiger partial charge is 0.465 e. The molecule has 3 rings (SSSR count). The van der Waals surface area contributed by atoms with Crippen molar-refractivity contribution in [2.45, 2.75) is 25.4 Å². The minimum atomic E-state index is -0.957. The Morgan fingerprint density at radius 1 is 1.21 bits per heavy atom. The molecule has 1 aliphatic heterocycles. The molecule has 2 heterocycles. The number of nitrogens with zero attached hydrogens (tertiary/aromatic N) is 2. The number of likely N-dealkylation sites (tertiary alicyclic amines) is 1. The number of hydrogen-bond donors (Lipinski definition) is 2. The number of rotatable bonds is 4. The number of carboxylic acid groups (broad SMARTS) is 1. The maximum atomic E-state index is 12.2. The highest BCUT2D eigenvalue weighted by molar-refractivity contribution is 9.10. The number of nitrogens with one attached hydrogen (secondary N) is 1. The van der Waals surface area contributed by atoms with E-state index in [9.17, 15) is 9.59 Å². The van der Waals surface area contributed by atoms with Crippen molar-refractivity contribution in [3.63, 3.8) is 0 Å². The Balaban J connectivity index is 1.66. The van der Waals surface area contributed by atoms with Crippen LogP contribution in [0, 0.1) is 0 Å². The molecule has 2 aromatic rings. The van der Waals surface area contributed by atoms with Crippen LogP contribution in [0.3, 0.4) is 0 Å². The number of piperidine rings is 1. The van der Waals surface area contributed by atoms with Gasteiger partial charge in [0.25, 0.3) is 5.56 Å². The van der Waals surface area contributed by atoms with Gasteiger partial charge in [0, 0.05) is 42.8 Å². The number of benzene rings is 1. The van der Waals surface area contributed by atoms with Crippen LogP contribution in [-0.2, 0) is 6.54 Å². The number of hydrogen-bond acceptors (Lipinski definition) is 3. The molecule has 2 N–H and O–H groups in total. The van der Waals surface area contributed by atoms with Crippen molar-refractivity contribution in [2.75, 3.05) is 19.6 Å². The van der Waals surface area contributed by atoms with Gasteiger partial charge < -0.3 is 19.9 Å². The summed E-state index contributed by atoms with van der Waals surface area (Å²) in [6, 6.07) is 9.44. The summed E-state index contributed by atoms with van der Waals surface area (Å²) in [6.07, 6.45) is 0.659. The predicted molar refractivity (Wildman–Crippen MR) is 96.5 cm³/mol. The number of halogens is 1. The monoisotopic (exact) mass is 393 g/mol. The van der Waals surface area contributed by atoms with Gasteiger partial charge >= 0.3 is 6.09 Å². The van der Waals surface area contributed by atoms with Gasteiger partial charge in [-0.05, 0) is 36.4 Å². The molecule has 1 amide bonds. The standard InChI is InChI=1S/C17H20BrN3O3/c18-13-3-1-12-2-4-16(22)21(15(12)11-13)10-9-20-7-5-14(6-8-20)19-17(23)24/h1-4,11,14,19H,5-10H2,(H,23,24). The Morgan fingerprint density at radius 2 is 1.92 bits per heavy atom. The first-order valence-corrected chi connectivity index (χ1v) is 8.83. The van der Waals surface area contributed by atoms with E-state index < -0.39 is 6.09 Å². The topological polar surface area (TPSA) is 74.6 Å². The summed E-state index contributed by atoms with van der Waals surface area (Å²) < 4.78 is 2.76. The summed E-state index contributed by atoms with van der Waals surface area (Å²) in [5.41, 5.74) is 0.933. The lowest BCUT2D eigenvalue weighted by Gasteiger charge is -2.31. The lowest BCUT2D eigenvalue weighted by atomic mass is 10.1. The van der Waals surface area contributed by atoms with Gasteiger partial charge in [-0.2, -0.15) is 0 Å². The molecular weight excluding hydrogens is 374 g/mol. The summed E-state index contributed by atoms with van der Waals surface area (Å²) in [6.45, 7) is 3.09. The van der Waals surface area contributed by atoms with E-state index in [-0.39, 0.29) is 11.6 Å².